The van der Waals surface area contributed by atoms with Crippen molar-refractivity contribution in [2.75, 3.05) is 0 Å². The van der Waals surface area contributed by atoms with E-state index in [2.05, 4.69) is 33.8 Å². The largest absolute Gasteiger partial charge is 0.392 e. The molecule has 2 N–H and O–H groups in total. The summed E-state index contributed by atoms with van der Waals surface area (Å²) in [6.07, 6.45) is 7.21. The van der Waals surface area contributed by atoms with Gasteiger partial charge in [-0.15, -0.1) is 0 Å². The van der Waals surface area contributed by atoms with Crippen LogP contribution in [0.3, 0.4) is 0 Å². The van der Waals surface area contributed by atoms with Gasteiger partial charge in [-0.25, -0.2) is 0 Å². The lowest BCUT2D eigenvalue weighted by Crippen LogP contribution is -2.52. The topological polar surface area (TPSA) is 40.5 Å². The molecule has 1 saturated carbocycles. The molecule has 0 aromatic rings. The van der Waals surface area contributed by atoms with Crippen LogP contribution in [0.5, 0.6) is 0 Å². The van der Waals surface area contributed by atoms with E-state index in [1.54, 1.807) is 13.8 Å². The van der Waals surface area contributed by atoms with Gasteiger partial charge in [0.2, 0.25) is 0 Å². The normalized spacial score (nSPS) is 37.6. The minimum atomic E-state index is -0.812. The summed E-state index contributed by atoms with van der Waals surface area (Å²) >= 11 is 0. The predicted octanol–water partition coefficient (Wildman–Crippen LogP) is 4.31. The Labute approximate surface area is 130 Å². The van der Waals surface area contributed by atoms with E-state index in [0.29, 0.717) is 17.8 Å². The summed E-state index contributed by atoms with van der Waals surface area (Å²) in [4.78, 5) is 0. The maximum Gasteiger partial charge on any atom is 0.0637 e. The average Bonchev–Trinajstić information content (AvgIpc) is 2.23. The molecule has 0 unspecified atom stereocenters. The van der Waals surface area contributed by atoms with E-state index in [0.717, 1.165) is 6.42 Å². The molecule has 0 aromatic heterocycles. The molecule has 0 amide bonds. The van der Waals surface area contributed by atoms with Crippen molar-refractivity contribution in [3.05, 3.63) is 11.6 Å². The van der Waals surface area contributed by atoms with Crippen LogP contribution in [0.4, 0.5) is 0 Å². The summed E-state index contributed by atoms with van der Waals surface area (Å²) in [5.41, 5.74) is 1.01. The van der Waals surface area contributed by atoms with Crippen molar-refractivity contribution >= 4 is 0 Å². The first-order chi connectivity index (χ1) is 9.47. The van der Waals surface area contributed by atoms with Crippen LogP contribution in [0.1, 0.15) is 73.6 Å². The SMILES string of the molecule is CC1=CC[C@H]2C(C)(C)CCC[C@]2(C)[C@H]1[C@@H](O)CC(C)(C)O. The highest BCUT2D eigenvalue weighted by molar-refractivity contribution is 5.20. The Balaban J connectivity index is 2.34. The van der Waals surface area contributed by atoms with E-state index in [9.17, 15) is 10.2 Å². The summed E-state index contributed by atoms with van der Waals surface area (Å²) < 4.78 is 0. The van der Waals surface area contributed by atoms with Gasteiger partial charge in [0, 0.05) is 12.3 Å². The van der Waals surface area contributed by atoms with E-state index in [1.165, 1.54) is 24.8 Å². The van der Waals surface area contributed by atoms with Crippen molar-refractivity contribution < 1.29 is 10.2 Å². The zero-order chi connectivity index (χ0) is 16.1. The van der Waals surface area contributed by atoms with E-state index in [-0.39, 0.29) is 11.3 Å². The van der Waals surface area contributed by atoms with Crippen LogP contribution in [-0.4, -0.2) is 21.9 Å². The van der Waals surface area contributed by atoms with Gasteiger partial charge in [-0.05, 0) is 56.8 Å². The monoisotopic (exact) mass is 294 g/mol. The third-order valence-corrected chi connectivity index (χ3v) is 6.25. The van der Waals surface area contributed by atoms with E-state index < -0.39 is 11.7 Å². The fourth-order valence-corrected chi connectivity index (χ4v) is 5.45. The molecule has 0 aromatic carbocycles. The van der Waals surface area contributed by atoms with Gasteiger partial charge >= 0.3 is 0 Å². The summed E-state index contributed by atoms with van der Waals surface area (Å²) in [7, 11) is 0. The molecule has 2 aliphatic carbocycles. The van der Waals surface area contributed by atoms with E-state index in [4.69, 9.17) is 0 Å². The van der Waals surface area contributed by atoms with Crippen molar-refractivity contribution in [2.24, 2.45) is 22.7 Å². The zero-order valence-electron chi connectivity index (χ0n) is 14.7. The number of fused-ring (bicyclic) bond motifs is 1. The van der Waals surface area contributed by atoms with Crippen molar-refractivity contribution in [1.82, 2.24) is 0 Å². The highest BCUT2D eigenvalue weighted by Crippen LogP contribution is 2.60. The molecule has 2 aliphatic rings. The maximum atomic E-state index is 10.9. The van der Waals surface area contributed by atoms with Gasteiger partial charge in [-0.3, -0.25) is 0 Å². The third-order valence-electron chi connectivity index (χ3n) is 6.25. The van der Waals surface area contributed by atoms with Crippen LogP contribution >= 0.6 is 0 Å². The molecule has 2 heteroatoms. The molecule has 0 radical (unpaired) electrons. The molecule has 122 valence electrons. The second-order valence-electron chi connectivity index (χ2n) is 9.15. The number of hydrogen-bond acceptors (Lipinski definition) is 2. The standard InChI is InChI=1S/C19H34O2/c1-13-8-9-15-17(2,3)10-7-11-19(15,6)16(13)14(20)12-18(4,5)21/h8,14-16,20-21H,7,9-12H2,1-6H3/t14-,15-,16+,19-/m0/s1. The molecule has 4 atom stereocenters. The lowest BCUT2D eigenvalue weighted by molar-refractivity contribution is -0.0916. The molecule has 0 aliphatic heterocycles. The number of allylic oxidation sites excluding steroid dienone is 1. The van der Waals surface area contributed by atoms with Gasteiger partial charge in [0.25, 0.3) is 0 Å². The summed E-state index contributed by atoms with van der Waals surface area (Å²) in [5.74, 6) is 0.811. The molecule has 0 saturated heterocycles. The summed E-state index contributed by atoms with van der Waals surface area (Å²) in [6, 6.07) is 0. The minimum Gasteiger partial charge on any atom is -0.392 e. The second-order valence-corrected chi connectivity index (χ2v) is 9.15. The van der Waals surface area contributed by atoms with Crippen molar-refractivity contribution in [1.29, 1.82) is 0 Å². The first-order valence-electron chi connectivity index (χ1n) is 8.54. The van der Waals surface area contributed by atoms with E-state index >= 15 is 0 Å². The van der Waals surface area contributed by atoms with Crippen LogP contribution in [0, 0.1) is 22.7 Å². The van der Waals surface area contributed by atoms with Gasteiger partial charge in [0.15, 0.2) is 0 Å². The summed E-state index contributed by atoms with van der Waals surface area (Å²) in [5, 5.41) is 21.0. The number of aliphatic hydroxyl groups is 2. The van der Waals surface area contributed by atoms with Crippen LogP contribution in [0.2, 0.25) is 0 Å². The lowest BCUT2D eigenvalue weighted by Gasteiger charge is -2.58. The Morgan fingerprint density at radius 2 is 1.90 bits per heavy atom. The number of aliphatic hydroxyl groups excluding tert-OH is 1. The molecule has 0 spiro atoms. The fraction of sp³-hybridized carbons (Fsp3) is 0.895. The van der Waals surface area contributed by atoms with Crippen molar-refractivity contribution in [3.8, 4) is 0 Å². The van der Waals surface area contributed by atoms with Gasteiger partial charge < -0.3 is 10.2 Å². The highest BCUT2D eigenvalue weighted by atomic mass is 16.3. The maximum absolute atomic E-state index is 10.9. The predicted molar refractivity (Wildman–Crippen MR) is 88.0 cm³/mol. The third kappa shape index (κ3) is 3.22. The second kappa shape index (κ2) is 5.38. The smallest absolute Gasteiger partial charge is 0.0637 e. The molecule has 2 nitrogen and oxygen atoms in total. The highest BCUT2D eigenvalue weighted by Gasteiger charge is 2.53. The molecule has 2 rings (SSSR count). The minimum absolute atomic E-state index is 0.158. The summed E-state index contributed by atoms with van der Waals surface area (Å²) in [6.45, 7) is 12.9. The Kier molecular flexibility index (Phi) is 4.36. The van der Waals surface area contributed by atoms with Gasteiger partial charge in [0.05, 0.1) is 11.7 Å². The lowest BCUT2D eigenvalue weighted by atomic mass is 9.47. The van der Waals surface area contributed by atoms with Crippen molar-refractivity contribution in [3.63, 3.8) is 0 Å². The van der Waals surface area contributed by atoms with Gasteiger partial charge in [0.1, 0.15) is 0 Å². The van der Waals surface area contributed by atoms with Crippen LogP contribution in [0.25, 0.3) is 0 Å². The first kappa shape index (κ1) is 17.0. The molecular weight excluding hydrogens is 260 g/mol. The average molecular weight is 294 g/mol. The zero-order valence-corrected chi connectivity index (χ0v) is 14.7. The quantitative estimate of drug-likeness (QED) is 0.762. The number of rotatable bonds is 3. The fourth-order valence-electron chi connectivity index (χ4n) is 5.45. The van der Waals surface area contributed by atoms with Gasteiger partial charge in [-0.1, -0.05) is 38.8 Å². The van der Waals surface area contributed by atoms with Crippen molar-refractivity contribution in [2.45, 2.75) is 85.4 Å². The Hall–Kier alpha value is -0.340. The number of hydrogen-bond donors (Lipinski definition) is 2. The Bertz CT molecular complexity index is 416. The molecule has 21 heavy (non-hydrogen) atoms. The van der Waals surface area contributed by atoms with E-state index in [1.807, 2.05) is 0 Å². The molecular formula is C19H34O2. The van der Waals surface area contributed by atoms with Crippen LogP contribution < -0.4 is 0 Å². The van der Waals surface area contributed by atoms with Crippen LogP contribution in [-0.2, 0) is 0 Å². The molecule has 0 heterocycles. The molecule has 1 fully saturated rings. The van der Waals surface area contributed by atoms with Crippen LogP contribution in [0.15, 0.2) is 11.6 Å². The van der Waals surface area contributed by atoms with Gasteiger partial charge in [-0.2, -0.15) is 0 Å². The Morgan fingerprint density at radius 3 is 2.48 bits per heavy atom. The Morgan fingerprint density at radius 1 is 1.29 bits per heavy atom. The first-order valence-corrected chi connectivity index (χ1v) is 8.54. The molecule has 0 bridgehead atoms.